The fraction of sp³-hybridized carbons (Fsp3) is 0.538. The molecule has 0 radical (unpaired) electrons. The fourth-order valence-electron chi connectivity index (χ4n) is 8.31. The van der Waals surface area contributed by atoms with Gasteiger partial charge in [0.15, 0.2) is 15.1 Å². The second-order valence-electron chi connectivity index (χ2n) is 19.0. The van der Waals surface area contributed by atoms with Gasteiger partial charge in [0.1, 0.15) is 18.1 Å². The summed E-state index contributed by atoms with van der Waals surface area (Å²) in [6, 6.07) is 23.6. The maximum Gasteiger partial charge on any atom is 0.409 e. The van der Waals surface area contributed by atoms with Crippen molar-refractivity contribution in [3.8, 4) is 16.9 Å². The lowest BCUT2D eigenvalue weighted by molar-refractivity contribution is -0.136. The average Bonchev–Trinajstić information content (AvgIpc) is 3.56. The Morgan fingerprint density at radius 3 is 2.06 bits per heavy atom. The summed E-state index contributed by atoms with van der Waals surface area (Å²) < 4.78 is 29.2. The van der Waals surface area contributed by atoms with Crippen molar-refractivity contribution in [3.63, 3.8) is 0 Å². The summed E-state index contributed by atoms with van der Waals surface area (Å²) in [5, 5.41) is 12.2. The van der Waals surface area contributed by atoms with Crippen LogP contribution in [-0.2, 0) is 23.4 Å². The normalized spacial score (nSPS) is 16.0. The molecule has 0 aliphatic heterocycles. The van der Waals surface area contributed by atoms with E-state index in [0.29, 0.717) is 29.6 Å². The van der Waals surface area contributed by atoms with Crippen molar-refractivity contribution in [2.24, 2.45) is 17.8 Å². The third-order valence-electron chi connectivity index (χ3n) is 13.1. The molecule has 3 aromatic rings. The summed E-state index contributed by atoms with van der Waals surface area (Å²) in [7, 11) is 2.39. The van der Waals surface area contributed by atoms with E-state index in [9.17, 15) is 14.7 Å². The smallest absolute Gasteiger partial charge is 0.409 e. The maximum atomic E-state index is 13.8. The van der Waals surface area contributed by atoms with Gasteiger partial charge < -0.3 is 33.4 Å². The molecule has 0 saturated heterocycles. The number of nitrogens with zero attached hydrogens (tertiary/aromatic N) is 1. The van der Waals surface area contributed by atoms with E-state index in [1.54, 1.807) is 26.3 Å². The molecule has 340 valence electrons. The Balaban J connectivity index is 1.59. The van der Waals surface area contributed by atoms with E-state index in [4.69, 9.17) is 23.4 Å². The highest BCUT2D eigenvalue weighted by atomic mass is 28.4. The number of hydrogen-bond acceptors (Lipinski definition) is 8. The minimum absolute atomic E-state index is 0.0379. The number of rotatable bonds is 22. The number of hydrogen-bond donors (Lipinski definition) is 1. The van der Waals surface area contributed by atoms with Crippen LogP contribution in [0.5, 0.6) is 5.75 Å². The number of benzene rings is 3. The zero-order chi connectivity index (χ0) is 45.8. The number of aliphatic hydroxyl groups excluding tert-OH is 1. The first-order chi connectivity index (χ1) is 29.3. The molecule has 0 fully saturated rings. The number of methoxy groups -OCH3 is 2. The number of fused-ring (bicyclic) bond motifs is 3. The molecule has 0 bridgehead atoms. The lowest BCUT2D eigenvalue weighted by Gasteiger charge is -2.41. The lowest BCUT2D eigenvalue weighted by atomic mass is 9.88. The van der Waals surface area contributed by atoms with Gasteiger partial charge in [-0.1, -0.05) is 122 Å². The van der Waals surface area contributed by atoms with Gasteiger partial charge in [-0.05, 0) is 114 Å². The molecule has 10 heteroatoms. The van der Waals surface area contributed by atoms with Gasteiger partial charge in [-0.2, -0.15) is 0 Å². The minimum Gasteiger partial charge on any atom is -0.511 e. The van der Waals surface area contributed by atoms with Crippen LogP contribution in [0.15, 0.2) is 95.8 Å². The zero-order valence-electron chi connectivity index (χ0n) is 39.9. The van der Waals surface area contributed by atoms with Crippen LogP contribution in [0.2, 0.25) is 18.1 Å². The van der Waals surface area contributed by atoms with Crippen LogP contribution >= 0.6 is 0 Å². The number of aliphatic hydroxyl groups is 1. The predicted octanol–water partition coefficient (Wildman–Crippen LogP) is 12.8. The molecule has 1 aliphatic rings. The van der Waals surface area contributed by atoms with Crippen LogP contribution in [0.1, 0.15) is 116 Å². The molecule has 62 heavy (non-hydrogen) atoms. The van der Waals surface area contributed by atoms with Gasteiger partial charge in [0.25, 0.3) is 0 Å². The van der Waals surface area contributed by atoms with E-state index in [0.717, 1.165) is 41.5 Å². The first-order valence-corrected chi connectivity index (χ1v) is 25.4. The standard InChI is InChI=1S/C52H75NO8Si/c1-14-35(2)30-36(3)31-38(5)49(61-62(12,13)52(6,7)8)37(4)20-19-25-45(50(55)58-11)48(54)46(39-26-28-40(29-27-39)60-34-57-10)32-53(9)51(56)59-33-47-43-23-17-15-21-41(43)42-22-16-18-24-44(42)47/h15-18,21-24,26-29,31,35-37,46-47,49,54H,14,19-20,25,30,32-34H2,1-13H3/b38-31+,48-45+/t35-,36+,37+,46?,49+/m1/s1. The lowest BCUT2D eigenvalue weighted by Crippen LogP contribution is -2.46. The molecule has 0 saturated carbocycles. The molecule has 1 aliphatic carbocycles. The maximum absolute atomic E-state index is 13.8. The molecule has 0 heterocycles. The Morgan fingerprint density at radius 1 is 0.919 bits per heavy atom. The predicted molar refractivity (Wildman–Crippen MR) is 253 cm³/mol. The van der Waals surface area contributed by atoms with Crippen molar-refractivity contribution < 1.29 is 38.1 Å². The summed E-state index contributed by atoms with van der Waals surface area (Å²) in [6.07, 6.45) is 5.72. The van der Waals surface area contributed by atoms with Crippen LogP contribution in [0.4, 0.5) is 4.79 Å². The number of allylic oxidation sites excluding steroid dienone is 1. The van der Waals surface area contributed by atoms with Gasteiger partial charge in [0, 0.05) is 26.6 Å². The monoisotopic (exact) mass is 870 g/mol. The Hall–Kier alpha value is -4.38. The van der Waals surface area contributed by atoms with Gasteiger partial charge in [0.2, 0.25) is 0 Å². The Kier molecular flexibility index (Phi) is 18.5. The number of carbonyl (C=O) groups is 2. The van der Waals surface area contributed by atoms with Crippen LogP contribution in [0, 0.1) is 17.8 Å². The fourth-order valence-corrected chi connectivity index (χ4v) is 9.72. The molecular formula is C52H75NO8Si. The number of ether oxygens (including phenoxy) is 4. The minimum atomic E-state index is -2.14. The Bertz CT molecular complexity index is 1940. The van der Waals surface area contributed by atoms with Crippen LogP contribution in [0.3, 0.4) is 0 Å². The van der Waals surface area contributed by atoms with Crippen molar-refractivity contribution in [2.45, 2.75) is 124 Å². The van der Waals surface area contributed by atoms with Crippen molar-refractivity contribution >= 4 is 20.4 Å². The Morgan fingerprint density at radius 2 is 1.52 bits per heavy atom. The highest BCUT2D eigenvalue weighted by Crippen LogP contribution is 2.45. The molecule has 1 amide bonds. The first-order valence-electron chi connectivity index (χ1n) is 22.5. The quantitative estimate of drug-likeness (QED) is 0.0266. The number of carbonyl (C=O) groups excluding carboxylic acids is 2. The first kappa shape index (κ1) is 50.3. The zero-order valence-corrected chi connectivity index (χ0v) is 40.9. The van der Waals surface area contributed by atoms with E-state index in [2.05, 4.69) is 98.8 Å². The number of amides is 1. The summed E-state index contributed by atoms with van der Waals surface area (Å²) in [5.41, 5.74) is 6.65. The molecular weight excluding hydrogens is 795 g/mol. The summed E-state index contributed by atoms with van der Waals surface area (Å²) in [4.78, 5) is 28.8. The molecule has 5 atom stereocenters. The summed E-state index contributed by atoms with van der Waals surface area (Å²) in [6.45, 7) is 23.0. The van der Waals surface area contributed by atoms with Gasteiger partial charge in [-0.15, -0.1) is 0 Å². The SMILES string of the molecule is CC[C@@H](C)C[C@H](C)/C=C(\C)[C@@H](O[Si](C)(C)C(C)(C)C)[C@@H](C)CCC/C(C(=O)OC)=C(\O)C(CN(C)C(=O)OCC1c2ccccc2-c2ccccc21)c1ccc(OCOC)cc1. The second kappa shape index (κ2) is 22.8. The van der Waals surface area contributed by atoms with E-state index in [1.165, 1.54) is 17.6 Å². The molecule has 9 nitrogen and oxygen atoms in total. The number of likely N-dealkylation sites (N-methyl/N-ethyl adjacent to an activating group) is 1. The Labute approximate surface area is 374 Å². The van der Waals surface area contributed by atoms with Crippen molar-refractivity contribution in [1.82, 2.24) is 4.90 Å². The third-order valence-corrected chi connectivity index (χ3v) is 17.6. The van der Waals surface area contributed by atoms with Gasteiger partial charge in [0.05, 0.1) is 24.7 Å². The van der Waals surface area contributed by atoms with Crippen molar-refractivity contribution in [3.05, 3.63) is 112 Å². The highest BCUT2D eigenvalue weighted by molar-refractivity contribution is 6.74. The molecule has 1 unspecified atom stereocenters. The highest BCUT2D eigenvalue weighted by Gasteiger charge is 2.41. The largest absolute Gasteiger partial charge is 0.511 e. The third kappa shape index (κ3) is 13.1. The van der Waals surface area contributed by atoms with E-state index in [1.807, 2.05) is 36.4 Å². The second-order valence-corrected chi connectivity index (χ2v) is 23.8. The average molecular weight is 870 g/mol. The molecule has 0 aromatic heterocycles. The van der Waals surface area contributed by atoms with Crippen LogP contribution in [0.25, 0.3) is 11.1 Å². The van der Waals surface area contributed by atoms with Crippen LogP contribution < -0.4 is 4.74 Å². The van der Waals surface area contributed by atoms with E-state index in [-0.39, 0.29) is 60.7 Å². The van der Waals surface area contributed by atoms with Crippen molar-refractivity contribution in [2.75, 3.05) is 41.2 Å². The van der Waals surface area contributed by atoms with Crippen LogP contribution in [-0.4, -0.2) is 77.7 Å². The molecule has 0 spiro atoms. The molecule has 1 N–H and O–H groups in total. The van der Waals surface area contributed by atoms with Crippen molar-refractivity contribution in [1.29, 1.82) is 0 Å². The molecule has 3 aromatic carbocycles. The van der Waals surface area contributed by atoms with E-state index < -0.39 is 26.3 Å². The van der Waals surface area contributed by atoms with Gasteiger partial charge in [-0.25, -0.2) is 9.59 Å². The van der Waals surface area contributed by atoms with E-state index >= 15 is 0 Å². The van der Waals surface area contributed by atoms with Gasteiger partial charge >= 0.3 is 12.1 Å². The molecule has 4 rings (SSSR count). The summed E-state index contributed by atoms with van der Waals surface area (Å²) in [5.74, 6) is 0.187. The number of esters is 1. The van der Waals surface area contributed by atoms with Gasteiger partial charge in [-0.3, -0.25) is 0 Å². The topological polar surface area (TPSA) is 104 Å². The summed E-state index contributed by atoms with van der Waals surface area (Å²) >= 11 is 0.